The predicted octanol–water partition coefficient (Wildman–Crippen LogP) is 1.66. The first-order valence-corrected chi connectivity index (χ1v) is 8.48. The van der Waals surface area contributed by atoms with E-state index in [4.69, 9.17) is 21.4 Å². The third-order valence-electron chi connectivity index (χ3n) is 4.16. The van der Waals surface area contributed by atoms with Crippen molar-refractivity contribution in [2.45, 2.75) is 19.4 Å². The Balaban J connectivity index is 1.90. The Morgan fingerprint density at radius 1 is 1.48 bits per heavy atom. The van der Waals surface area contributed by atoms with E-state index in [2.05, 4.69) is 4.90 Å². The topological polar surface area (TPSA) is 70.1 Å². The van der Waals surface area contributed by atoms with Gasteiger partial charge in [-0.1, -0.05) is 17.7 Å². The third-order valence-corrected chi connectivity index (χ3v) is 4.51. The highest BCUT2D eigenvalue weighted by Crippen LogP contribution is 2.20. The number of rotatable bonds is 7. The molecule has 0 aromatic heterocycles. The summed E-state index contributed by atoms with van der Waals surface area (Å²) in [6.07, 6.45) is 0.206. The van der Waals surface area contributed by atoms with Crippen LogP contribution in [0.4, 0.5) is 4.39 Å². The molecular formula is C17H22ClFN2O4. The number of nitrogens with zero attached hydrogens (tertiary/aromatic N) is 2. The van der Waals surface area contributed by atoms with Crippen molar-refractivity contribution in [3.05, 3.63) is 34.6 Å². The summed E-state index contributed by atoms with van der Waals surface area (Å²) in [6.45, 7) is 3.55. The van der Waals surface area contributed by atoms with Crippen LogP contribution in [0, 0.1) is 5.82 Å². The molecule has 1 saturated heterocycles. The monoisotopic (exact) mass is 372 g/mol. The van der Waals surface area contributed by atoms with Crippen molar-refractivity contribution in [1.82, 2.24) is 9.80 Å². The van der Waals surface area contributed by atoms with Crippen LogP contribution in [0.3, 0.4) is 0 Å². The lowest BCUT2D eigenvalue weighted by molar-refractivity contribution is -0.145. The predicted molar refractivity (Wildman–Crippen MR) is 91.2 cm³/mol. The van der Waals surface area contributed by atoms with Gasteiger partial charge in [0.05, 0.1) is 12.7 Å². The molecule has 138 valence electrons. The Labute approximate surface area is 151 Å². The summed E-state index contributed by atoms with van der Waals surface area (Å²) >= 11 is 6.05. The molecule has 1 aromatic rings. The zero-order valence-electron chi connectivity index (χ0n) is 14.1. The van der Waals surface area contributed by atoms with Crippen LogP contribution < -0.4 is 0 Å². The molecule has 1 aliphatic heterocycles. The summed E-state index contributed by atoms with van der Waals surface area (Å²) < 4.78 is 19.5. The highest BCUT2D eigenvalue weighted by atomic mass is 35.5. The van der Waals surface area contributed by atoms with Gasteiger partial charge in [0, 0.05) is 43.7 Å². The van der Waals surface area contributed by atoms with E-state index < -0.39 is 5.97 Å². The molecule has 1 atom stereocenters. The smallest absolute Gasteiger partial charge is 0.323 e. The fraction of sp³-hybridized carbons (Fsp3) is 0.529. The zero-order valence-corrected chi connectivity index (χ0v) is 14.8. The zero-order chi connectivity index (χ0) is 18.4. The Kier molecular flexibility index (Phi) is 7.16. The van der Waals surface area contributed by atoms with E-state index >= 15 is 0 Å². The van der Waals surface area contributed by atoms with Gasteiger partial charge in [0.15, 0.2) is 0 Å². The molecular weight excluding hydrogens is 351 g/mol. The molecule has 0 bridgehead atoms. The summed E-state index contributed by atoms with van der Waals surface area (Å²) in [5.74, 6) is -1.68. The number of aliphatic carboxylic acids is 1. The summed E-state index contributed by atoms with van der Waals surface area (Å²) in [7, 11) is 0. The molecule has 1 N–H and O–H groups in total. The number of amides is 1. The van der Waals surface area contributed by atoms with Crippen molar-refractivity contribution in [2.75, 3.05) is 39.3 Å². The normalized spacial score (nSPS) is 18.1. The minimum Gasteiger partial charge on any atom is -0.480 e. The lowest BCUT2D eigenvalue weighted by Gasteiger charge is -2.35. The molecule has 8 heteroatoms. The number of carbonyl (C=O) groups excluding carboxylic acids is 1. The van der Waals surface area contributed by atoms with Crippen LogP contribution in [-0.4, -0.2) is 72.2 Å². The van der Waals surface area contributed by atoms with Crippen LogP contribution in [0.15, 0.2) is 18.2 Å². The molecule has 25 heavy (non-hydrogen) atoms. The molecule has 1 unspecified atom stereocenters. The van der Waals surface area contributed by atoms with Gasteiger partial charge in [0.1, 0.15) is 12.4 Å². The van der Waals surface area contributed by atoms with Crippen LogP contribution in [-0.2, 0) is 20.7 Å². The van der Waals surface area contributed by atoms with Gasteiger partial charge in [0.25, 0.3) is 0 Å². The second-order valence-electron chi connectivity index (χ2n) is 6.04. The lowest BCUT2D eigenvalue weighted by Crippen LogP contribution is -2.49. The van der Waals surface area contributed by atoms with E-state index in [1.165, 1.54) is 17.9 Å². The quantitative estimate of drug-likeness (QED) is 0.788. The van der Waals surface area contributed by atoms with Crippen molar-refractivity contribution in [3.8, 4) is 0 Å². The SMILES string of the molecule is CC(=O)N(CC(=O)O)CC1CN(CCc2c(F)cccc2Cl)CCO1. The van der Waals surface area contributed by atoms with Gasteiger partial charge < -0.3 is 14.7 Å². The average molecular weight is 373 g/mol. The number of halogens is 2. The molecule has 0 aliphatic carbocycles. The number of carboxylic acid groups (broad SMARTS) is 1. The first-order valence-electron chi connectivity index (χ1n) is 8.11. The van der Waals surface area contributed by atoms with Crippen LogP contribution >= 0.6 is 11.6 Å². The molecule has 1 amide bonds. The minimum absolute atomic E-state index is 0.221. The van der Waals surface area contributed by atoms with Crippen molar-refractivity contribution >= 4 is 23.5 Å². The van der Waals surface area contributed by atoms with Gasteiger partial charge in [0.2, 0.25) is 5.91 Å². The number of hydrogen-bond donors (Lipinski definition) is 1. The maximum atomic E-state index is 13.8. The van der Waals surface area contributed by atoms with E-state index in [0.717, 1.165) is 0 Å². The second-order valence-corrected chi connectivity index (χ2v) is 6.44. The average Bonchev–Trinajstić information content (AvgIpc) is 2.53. The number of hydrogen-bond acceptors (Lipinski definition) is 4. The Bertz CT molecular complexity index is 608. The van der Waals surface area contributed by atoms with Gasteiger partial charge in [-0.2, -0.15) is 0 Å². The summed E-state index contributed by atoms with van der Waals surface area (Å²) in [5, 5.41) is 9.29. The van der Waals surface area contributed by atoms with Gasteiger partial charge in [-0.25, -0.2) is 4.39 Å². The number of ether oxygens (including phenoxy) is 1. The molecule has 1 fully saturated rings. The van der Waals surface area contributed by atoms with Gasteiger partial charge >= 0.3 is 5.97 Å². The maximum Gasteiger partial charge on any atom is 0.323 e. The summed E-state index contributed by atoms with van der Waals surface area (Å²) in [6, 6.07) is 4.63. The van der Waals surface area contributed by atoms with Gasteiger partial charge in [-0.3, -0.25) is 14.5 Å². The second kappa shape index (κ2) is 9.12. The van der Waals surface area contributed by atoms with E-state index in [1.807, 2.05) is 0 Å². The molecule has 2 rings (SSSR count). The van der Waals surface area contributed by atoms with Crippen molar-refractivity contribution in [3.63, 3.8) is 0 Å². The first-order chi connectivity index (χ1) is 11.9. The molecule has 1 heterocycles. The Morgan fingerprint density at radius 3 is 2.88 bits per heavy atom. The van der Waals surface area contributed by atoms with E-state index in [9.17, 15) is 14.0 Å². The van der Waals surface area contributed by atoms with Crippen molar-refractivity contribution < 1.29 is 23.8 Å². The standard InChI is InChI=1S/C17H22ClFN2O4/c1-12(22)21(11-17(23)24)10-13-9-20(7-8-25-13)6-5-14-15(18)3-2-4-16(14)19/h2-4,13H,5-11H2,1H3,(H,23,24). The Hall–Kier alpha value is -1.70. The largest absolute Gasteiger partial charge is 0.480 e. The van der Waals surface area contributed by atoms with Crippen LogP contribution in [0.1, 0.15) is 12.5 Å². The Morgan fingerprint density at radius 2 is 2.24 bits per heavy atom. The molecule has 0 radical (unpaired) electrons. The highest BCUT2D eigenvalue weighted by Gasteiger charge is 2.25. The lowest BCUT2D eigenvalue weighted by atomic mass is 10.1. The third kappa shape index (κ3) is 5.95. The van der Waals surface area contributed by atoms with Gasteiger partial charge in [-0.15, -0.1) is 0 Å². The molecule has 0 saturated carbocycles. The molecule has 1 aromatic carbocycles. The number of carboxylic acids is 1. The summed E-state index contributed by atoms with van der Waals surface area (Å²) in [5.41, 5.74) is 0.489. The van der Waals surface area contributed by atoms with E-state index in [-0.39, 0.29) is 30.9 Å². The van der Waals surface area contributed by atoms with Gasteiger partial charge in [-0.05, 0) is 18.6 Å². The van der Waals surface area contributed by atoms with Crippen molar-refractivity contribution in [2.24, 2.45) is 0 Å². The fourth-order valence-electron chi connectivity index (χ4n) is 2.85. The first kappa shape index (κ1) is 19.6. The fourth-order valence-corrected chi connectivity index (χ4v) is 3.11. The molecule has 1 aliphatic rings. The molecule has 0 spiro atoms. The van der Waals surface area contributed by atoms with E-state index in [1.54, 1.807) is 12.1 Å². The van der Waals surface area contributed by atoms with Crippen LogP contribution in [0.5, 0.6) is 0 Å². The highest BCUT2D eigenvalue weighted by molar-refractivity contribution is 6.31. The maximum absolute atomic E-state index is 13.8. The number of morpholine rings is 1. The number of carbonyl (C=O) groups is 2. The summed E-state index contributed by atoms with van der Waals surface area (Å²) in [4.78, 5) is 25.8. The van der Waals surface area contributed by atoms with Crippen LogP contribution in [0.25, 0.3) is 0 Å². The minimum atomic E-state index is -1.06. The van der Waals surface area contributed by atoms with Crippen LogP contribution in [0.2, 0.25) is 5.02 Å². The molecule has 6 nitrogen and oxygen atoms in total. The van der Waals surface area contributed by atoms with E-state index in [0.29, 0.717) is 43.2 Å². The van der Waals surface area contributed by atoms with Crippen molar-refractivity contribution in [1.29, 1.82) is 0 Å². The number of benzene rings is 1.